The molecule has 0 radical (unpaired) electrons. The fraction of sp³-hybridized carbons (Fsp3) is 0.286. The van der Waals surface area contributed by atoms with Crippen molar-refractivity contribution in [3.63, 3.8) is 0 Å². The molecule has 1 aliphatic carbocycles. The molecular formula is C28H29N3O7S. The summed E-state index contributed by atoms with van der Waals surface area (Å²) < 4.78 is 38.3. The average molecular weight is 552 g/mol. The van der Waals surface area contributed by atoms with Gasteiger partial charge in [-0.15, -0.1) is 0 Å². The number of aromatic nitrogens is 1. The van der Waals surface area contributed by atoms with Crippen LogP contribution < -0.4 is 14.8 Å². The smallest absolute Gasteiger partial charge is 0.357 e. The summed E-state index contributed by atoms with van der Waals surface area (Å²) in [6.07, 6.45) is 5.78. The second-order valence-corrected chi connectivity index (χ2v) is 10.7. The normalized spacial score (nSPS) is 13.7. The Kier molecular flexibility index (Phi) is 9.27. The van der Waals surface area contributed by atoms with Crippen LogP contribution in [0.2, 0.25) is 0 Å². The quantitative estimate of drug-likeness (QED) is 0.288. The lowest BCUT2D eigenvalue weighted by atomic mass is 9.98. The number of esters is 1. The third-order valence-corrected chi connectivity index (χ3v) is 7.46. The Bertz CT molecular complexity index is 1390. The van der Waals surface area contributed by atoms with Crippen molar-refractivity contribution in [2.24, 2.45) is 0 Å². The molecule has 204 valence electrons. The van der Waals surface area contributed by atoms with Crippen molar-refractivity contribution in [1.29, 1.82) is 0 Å². The van der Waals surface area contributed by atoms with Crippen LogP contribution in [0, 0.1) is 0 Å². The Balaban J connectivity index is 1.28. The fourth-order valence-corrected chi connectivity index (χ4v) is 5.00. The molecule has 0 spiro atoms. The number of nitrogens with zero attached hydrogens (tertiary/aromatic N) is 1. The Hall–Kier alpha value is -4.25. The summed E-state index contributed by atoms with van der Waals surface area (Å²) in [4.78, 5) is 40.9. The van der Waals surface area contributed by atoms with Gasteiger partial charge in [0.25, 0.3) is 21.8 Å². The molecule has 11 heteroatoms. The maximum Gasteiger partial charge on any atom is 0.357 e. The molecule has 4 rings (SSSR count). The minimum absolute atomic E-state index is 0.0403. The van der Waals surface area contributed by atoms with E-state index in [9.17, 15) is 22.8 Å². The zero-order valence-electron chi connectivity index (χ0n) is 21.2. The van der Waals surface area contributed by atoms with E-state index < -0.39 is 27.8 Å². The van der Waals surface area contributed by atoms with Crippen LogP contribution in [0.25, 0.3) is 0 Å². The number of sulfonamides is 1. The standard InChI is InChI=1S/C28H29N3O7S/c32-26(29-17-18-37-22-7-3-1-4-8-22)20-11-14-24(15-12-20)39(35,36)31-27(33)21-13-16-25(30-19-21)28(34)38-23-9-5-2-6-10-23/h1,3-4,7-8,11-16,19,23H,2,5-6,9-10,17-18H2,(H,29,32)(H,31,33). The van der Waals surface area contributed by atoms with Crippen LogP contribution in [0.3, 0.4) is 0 Å². The molecular weight excluding hydrogens is 522 g/mol. The van der Waals surface area contributed by atoms with Gasteiger partial charge >= 0.3 is 5.97 Å². The molecule has 0 bridgehead atoms. The molecule has 0 atom stereocenters. The number of carbonyl (C=O) groups excluding carboxylic acids is 3. The van der Waals surface area contributed by atoms with Gasteiger partial charge in [-0.2, -0.15) is 0 Å². The van der Waals surface area contributed by atoms with Gasteiger partial charge in [-0.25, -0.2) is 22.9 Å². The maximum atomic E-state index is 12.7. The topological polar surface area (TPSA) is 141 Å². The van der Waals surface area contributed by atoms with Crippen LogP contribution in [0.5, 0.6) is 5.75 Å². The lowest BCUT2D eigenvalue weighted by Crippen LogP contribution is -2.31. The SMILES string of the molecule is O=C(NCCOc1ccccc1)c1ccc(S(=O)(=O)NC(=O)c2ccc(C(=O)OC3CCCCC3)nc2)cc1. The number of pyridine rings is 1. The second-order valence-electron chi connectivity index (χ2n) is 8.97. The summed E-state index contributed by atoms with van der Waals surface area (Å²) in [5.74, 6) is -1.19. The minimum Gasteiger partial charge on any atom is -0.492 e. The fourth-order valence-electron chi connectivity index (χ4n) is 4.02. The van der Waals surface area contributed by atoms with Crippen molar-refractivity contribution in [2.75, 3.05) is 13.2 Å². The zero-order valence-corrected chi connectivity index (χ0v) is 22.0. The van der Waals surface area contributed by atoms with Crippen molar-refractivity contribution in [1.82, 2.24) is 15.0 Å². The van der Waals surface area contributed by atoms with E-state index in [0.29, 0.717) is 5.75 Å². The molecule has 2 aromatic carbocycles. The van der Waals surface area contributed by atoms with Crippen LogP contribution in [0.1, 0.15) is 63.3 Å². The summed E-state index contributed by atoms with van der Waals surface area (Å²) in [5.41, 5.74) is 0.252. The van der Waals surface area contributed by atoms with E-state index in [-0.39, 0.29) is 41.0 Å². The number of hydrogen-bond acceptors (Lipinski definition) is 8. The van der Waals surface area contributed by atoms with Crippen LogP contribution in [0.15, 0.2) is 77.8 Å². The lowest BCUT2D eigenvalue weighted by Gasteiger charge is -2.21. The zero-order chi connectivity index (χ0) is 27.7. The first-order valence-corrected chi connectivity index (χ1v) is 14.1. The van der Waals surface area contributed by atoms with E-state index in [2.05, 4.69) is 10.3 Å². The number of benzene rings is 2. The van der Waals surface area contributed by atoms with Crippen molar-refractivity contribution >= 4 is 27.8 Å². The Labute approximate surface area is 226 Å². The number of rotatable bonds is 10. The summed E-state index contributed by atoms with van der Waals surface area (Å²) in [6, 6.07) is 17.0. The van der Waals surface area contributed by atoms with E-state index >= 15 is 0 Å². The monoisotopic (exact) mass is 551 g/mol. The van der Waals surface area contributed by atoms with Gasteiger partial charge in [0.2, 0.25) is 0 Å². The molecule has 1 fully saturated rings. The Morgan fingerprint density at radius 3 is 2.21 bits per heavy atom. The van der Waals surface area contributed by atoms with Crippen molar-refractivity contribution < 1.29 is 32.3 Å². The first-order valence-electron chi connectivity index (χ1n) is 12.6. The van der Waals surface area contributed by atoms with Crippen molar-refractivity contribution in [3.8, 4) is 5.75 Å². The summed E-state index contributed by atoms with van der Waals surface area (Å²) in [6.45, 7) is 0.529. The predicted molar refractivity (Wildman–Crippen MR) is 142 cm³/mol. The predicted octanol–water partition coefficient (Wildman–Crippen LogP) is 3.50. The Morgan fingerprint density at radius 1 is 0.846 bits per heavy atom. The highest BCUT2D eigenvalue weighted by Gasteiger charge is 2.22. The molecule has 2 amide bonds. The van der Waals surface area contributed by atoms with Crippen LogP contribution in [-0.2, 0) is 14.8 Å². The third kappa shape index (κ3) is 7.87. The largest absolute Gasteiger partial charge is 0.492 e. The molecule has 39 heavy (non-hydrogen) atoms. The summed E-state index contributed by atoms with van der Waals surface area (Å²) in [7, 11) is -4.22. The minimum atomic E-state index is -4.22. The maximum absolute atomic E-state index is 12.7. The number of hydrogen-bond donors (Lipinski definition) is 2. The van der Waals surface area contributed by atoms with Crippen LogP contribution >= 0.6 is 0 Å². The molecule has 1 aromatic heterocycles. The van der Waals surface area contributed by atoms with Gasteiger partial charge in [0.1, 0.15) is 24.2 Å². The van der Waals surface area contributed by atoms with Crippen molar-refractivity contribution in [2.45, 2.75) is 43.1 Å². The number of para-hydroxylation sites is 1. The van der Waals surface area contributed by atoms with E-state index in [1.165, 1.54) is 36.4 Å². The first kappa shape index (κ1) is 27.8. The van der Waals surface area contributed by atoms with Gasteiger partial charge in [-0.1, -0.05) is 24.6 Å². The average Bonchev–Trinajstić information content (AvgIpc) is 2.96. The highest BCUT2D eigenvalue weighted by molar-refractivity contribution is 7.90. The number of amides is 2. The third-order valence-electron chi connectivity index (χ3n) is 6.11. The first-order chi connectivity index (χ1) is 18.8. The molecule has 1 heterocycles. The number of carbonyl (C=O) groups is 3. The number of ether oxygens (including phenoxy) is 2. The van der Waals surface area contributed by atoms with E-state index in [4.69, 9.17) is 9.47 Å². The highest BCUT2D eigenvalue weighted by Crippen LogP contribution is 2.21. The van der Waals surface area contributed by atoms with Crippen molar-refractivity contribution in [3.05, 3.63) is 89.7 Å². The van der Waals surface area contributed by atoms with E-state index in [0.717, 1.165) is 38.3 Å². The van der Waals surface area contributed by atoms with E-state index in [1.54, 1.807) is 12.1 Å². The Morgan fingerprint density at radius 2 is 1.54 bits per heavy atom. The second kappa shape index (κ2) is 13.0. The van der Waals surface area contributed by atoms with Gasteiger partial charge < -0.3 is 14.8 Å². The number of nitrogens with one attached hydrogen (secondary N) is 2. The highest BCUT2D eigenvalue weighted by atomic mass is 32.2. The molecule has 2 N–H and O–H groups in total. The molecule has 1 aliphatic rings. The summed E-state index contributed by atoms with van der Waals surface area (Å²) in [5, 5.41) is 2.69. The van der Waals surface area contributed by atoms with Crippen LogP contribution in [0.4, 0.5) is 0 Å². The molecule has 1 saturated carbocycles. The van der Waals surface area contributed by atoms with Gasteiger partial charge in [-0.05, 0) is 74.2 Å². The van der Waals surface area contributed by atoms with Gasteiger partial charge in [-0.3, -0.25) is 9.59 Å². The molecule has 0 unspecified atom stereocenters. The molecule has 3 aromatic rings. The molecule has 0 saturated heterocycles. The van der Waals surface area contributed by atoms with Gasteiger partial charge in [0.05, 0.1) is 17.0 Å². The lowest BCUT2D eigenvalue weighted by molar-refractivity contribution is 0.0204. The van der Waals surface area contributed by atoms with Gasteiger partial charge in [0, 0.05) is 11.8 Å². The van der Waals surface area contributed by atoms with Gasteiger partial charge in [0.15, 0.2) is 0 Å². The molecule has 0 aliphatic heterocycles. The van der Waals surface area contributed by atoms with E-state index in [1.807, 2.05) is 22.9 Å². The van der Waals surface area contributed by atoms with Crippen LogP contribution in [-0.4, -0.2) is 50.4 Å². The molecule has 10 nitrogen and oxygen atoms in total. The summed E-state index contributed by atoms with van der Waals surface area (Å²) >= 11 is 0.